The highest BCUT2D eigenvalue weighted by Crippen LogP contribution is 2.28. The Balaban J connectivity index is 1.75. The van der Waals surface area contributed by atoms with Gasteiger partial charge in [0, 0.05) is 18.0 Å². The minimum absolute atomic E-state index is 0.0294. The van der Waals surface area contributed by atoms with Crippen molar-refractivity contribution in [2.24, 2.45) is 0 Å². The number of aromatic nitrogens is 1. The molecule has 5 heteroatoms. The van der Waals surface area contributed by atoms with Crippen molar-refractivity contribution in [1.82, 2.24) is 10.1 Å². The van der Waals surface area contributed by atoms with Crippen LogP contribution in [-0.2, 0) is 11.2 Å². The minimum Gasteiger partial charge on any atom is -0.356 e. The molecule has 1 aliphatic rings. The highest BCUT2D eigenvalue weighted by Gasteiger charge is 2.32. The zero-order valence-corrected chi connectivity index (χ0v) is 11.1. The lowest BCUT2D eigenvalue weighted by molar-refractivity contribution is -0.131. The van der Waals surface area contributed by atoms with Crippen LogP contribution in [0.15, 0.2) is 28.8 Å². The second-order valence-electron chi connectivity index (χ2n) is 5.03. The molecule has 1 aromatic carbocycles. The van der Waals surface area contributed by atoms with Crippen LogP contribution < -0.4 is 0 Å². The Bertz CT molecular complexity index is 667. The summed E-state index contributed by atoms with van der Waals surface area (Å²) in [6.45, 7) is 0.510. The molecule has 0 aliphatic heterocycles. The van der Waals surface area contributed by atoms with Gasteiger partial charge in [0.25, 0.3) is 0 Å². The molecule has 0 unspecified atom stereocenters. The van der Waals surface area contributed by atoms with Gasteiger partial charge in [0.05, 0.1) is 18.9 Å². The van der Waals surface area contributed by atoms with Gasteiger partial charge in [-0.2, -0.15) is 5.26 Å². The standard InChI is InChI=1S/C15H15N3O2/c16-8-3-9-18(11-6-7-11)15(19)10-13-12-4-1-2-5-14(12)20-17-13/h1-2,4-5,11H,3,6-7,9-10H2. The van der Waals surface area contributed by atoms with Gasteiger partial charge in [-0.25, -0.2) is 0 Å². The molecule has 102 valence electrons. The van der Waals surface area contributed by atoms with Crippen molar-refractivity contribution in [2.45, 2.75) is 31.7 Å². The van der Waals surface area contributed by atoms with Gasteiger partial charge in [-0.3, -0.25) is 4.79 Å². The van der Waals surface area contributed by atoms with Crippen LogP contribution in [-0.4, -0.2) is 28.6 Å². The summed E-state index contributed by atoms with van der Waals surface area (Å²) in [5.41, 5.74) is 1.37. The fourth-order valence-corrected chi connectivity index (χ4v) is 2.38. The second-order valence-corrected chi connectivity index (χ2v) is 5.03. The highest BCUT2D eigenvalue weighted by atomic mass is 16.5. The Morgan fingerprint density at radius 1 is 1.45 bits per heavy atom. The van der Waals surface area contributed by atoms with Crippen molar-refractivity contribution in [3.8, 4) is 6.07 Å². The summed E-state index contributed by atoms with van der Waals surface area (Å²) >= 11 is 0. The molecule has 1 aromatic heterocycles. The molecular formula is C15H15N3O2. The fraction of sp³-hybridized carbons (Fsp3) is 0.400. The molecule has 1 heterocycles. The van der Waals surface area contributed by atoms with Crippen LogP contribution in [0.25, 0.3) is 11.0 Å². The zero-order valence-electron chi connectivity index (χ0n) is 11.1. The maximum atomic E-state index is 12.4. The molecular weight excluding hydrogens is 254 g/mol. The van der Waals surface area contributed by atoms with Gasteiger partial charge in [-0.1, -0.05) is 17.3 Å². The Morgan fingerprint density at radius 3 is 3.00 bits per heavy atom. The molecule has 2 aromatic rings. The number of hydrogen-bond donors (Lipinski definition) is 0. The highest BCUT2D eigenvalue weighted by molar-refractivity contribution is 5.86. The van der Waals surface area contributed by atoms with Gasteiger partial charge in [-0.15, -0.1) is 0 Å². The average Bonchev–Trinajstić information content (AvgIpc) is 3.22. The monoisotopic (exact) mass is 269 g/mol. The summed E-state index contributed by atoms with van der Waals surface area (Å²) < 4.78 is 5.21. The van der Waals surface area contributed by atoms with Crippen molar-refractivity contribution in [1.29, 1.82) is 5.26 Å². The average molecular weight is 269 g/mol. The number of nitriles is 1. The van der Waals surface area contributed by atoms with Crippen LogP contribution in [0.2, 0.25) is 0 Å². The van der Waals surface area contributed by atoms with E-state index in [0.717, 1.165) is 18.2 Å². The SMILES string of the molecule is N#CCCN(C(=O)Cc1noc2ccccc12)C1CC1. The first-order chi connectivity index (χ1) is 9.79. The minimum atomic E-state index is 0.0294. The third-order valence-corrected chi connectivity index (χ3v) is 3.54. The second kappa shape index (κ2) is 5.33. The number of benzene rings is 1. The van der Waals surface area contributed by atoms with Crippen LogP contribution in [0.1, 0.15) is 25.0 Å². The van der Waals surface area contributed by atoms with E-state index in [9.17, 15) is 4.79 Å². The van der Waals surface area contributed by atoms with E-state index in [2.05, 4.69) is 11.2 Å². The molecule has 1 amide bonds. The van der Waals surface area contributed by atoms with Crippen molar-refractivity contribution < 1.29 is 9.32 Å². The maximum Gasteiger partial charge on any atom is 0.229 e. The number of carbonyl (C=O) groups excluding carboxylic acids is 1. The topological polar surface area (TPSA) is 70.1 Å². The van der Waals surface area contributed by atoms with Crippen LogP contribution in [0.4, 0.5) is 0 Å². The first kappa shape index (κ1) is 12.7. The lowest BCUT2D eigenvalue weighted by atomic mass is 10.1. The first-order valence-corrected chi connectivity index (χ1v) is 6.79. The zero-order chi connectivity index (χ0) is 13.9. The van der Waals surface area contributed by atoms with E-state index in [0.29, 0.717) is 30.3 Å². The van der Waals surface area contributed by atoms with E-state index in [1.54, 1.807) is 0 Å². The van der Waals surface area contributed by atoms with Crippen molar-refractivity contribution >= 4 is 16.9 Å². The summed E-state index contributed by atoms with van der Waals surface area (Å²) in [7, 11) is 0. The molecule has 20 heavy (non-hydrogen) atoms. The van der Waals surface area contributed by atoms with E-state index >= 15 is 0 Å². The smallest absolute Gasteiger partial charge is 0.229 e. The largest absolute Gasteiger partial charge is 0.356 e. The van der Waals surface area contributed by atoms with Crippen molar-refractivity contribution in [3.63, 3.8) is 0 Å². The first-order valence-electron chi connectivity index (χ1n) is 6.79. The number of amides is 1. The number of hydrogen-bond acceptors (Lipinski definition) is 4. The van der Waals surface area contributed by atoms with Gasteiger partial charge in [-0.05, 0) is 25.0 Å². The van der Waals surface area contributed by atoms with Gasteiger partial charge in [0.2, 0.25) is 5.91 Å². The molecule has 0 radical (unpaired) electrons. The molecule has 0 spiro atoms. The Hall–Kier alpha value is -2.35. The molecule has 3 rings (SSSR count). The molecule has 0 atom stereocenters. The van der Waals surface area contributed by atoms with Gasteiger partial charge in [0.1, 0.15) is 5.69 Å². The van der Waals surface area contributed by atoms with Crippen molar-refractivity contribution in [3.05, 3.63) is 30.0 Å². The summed E-state index contributed by atoms with van der Waals surface area (Å²) in [6.07, 6.45) is 2.69. The number of nitrogens with zero attached hydrogens (tertiary/aromatic N) is 3. The summed E-state index contributed by atoms with van der Waals surface area (Å²) in [5.74, 6) is 0.0294. The molecule has 0 saturated heterocycles. The van der Waals surface area contributed by atoms with Crippen LogP contribution >= 0.6 is 0 Å². The molecule has 1 fully saturated rings. The van der Waals surface area contributed by atoms with E-state index in [1.165, 1.54) is 0 Å². The van der Waals surface area contributed by atoms with Crippen molar-refractivity contribution in [2.75, 3.05) is 6.54 Å². The Morgan fingerprint density at radius 2 is 2.25 bits per heavy atom. The quantitative estimate of drug-likeness (QED) is 0.834. The number of carbonyl (C=O) groups is 1. The maximum absolute atomic E-state index is 12.4. The summed E-state index contributed by atoms with van der Waals surface area (Å²) in [4.78, 5) is 14.2. The lowest BCUT2D eigenvalue weighted by Gasteiger charge is -2.20. The Kier molecular flexibility index (Phi) is 3.38. The fourth-order valence-electron chi connectivity index (χ4n) is 2.38. The third kappa shape index (κ3) is 2.50. The van der Waals surface area contributed by atoms with Gasteiger partial charge >= 0.3 is 0 Å². The number of para-hydroxylation sites is 1. The predicted molar refractivity (Wildman–Crippen MR) is 72.7 cm³/mol. The van der Waals surface area contributed by atoms with E-state index < -0.39 is 0 Å². The van der Waals surface area contributed by atoms with Crippen LogP contribution in [0.5, 0.6) is 0 Å². The number of fused-ring (bicyclic) bond motifs is 1. The van der Waals surface area contributed by atoms with Crippen LogP contribution in [0.3, 0.4) is 0 Å². The molecule has 5 nitrogen and oxygen atoms in total. The molecule has 0 bridgehead atoms. The van der Waals surface area contributed by atoms with E-state index in [1.807, 2.05) is 29.2 Å². The Labute approximate surface area is 116 Å². The molecule has 0 N–H and O–H groups in total. The van der Waals surface area contributed by atoms with E-state index in [4.69, 9.17) is 9.78 Å². The molecule has 1 saturated carbocycles. The predicted octanol–water partition coefficient (Wildman–Crippen LogP) is 2.27. The summed E-state index contributed by atoms with van der Waals surface area (Å²) in [6, 6.07) is 9.94. The normalized spacial score (nSPS) is 14.2. The van der Waals surface area contributed by atoms with E-state index in [-0.39, 0.29) is 12.3 Å². The third-order valence-electron chi connectivity index (χ3n) is 3.54. The summed E-state index contributed by atoms with van der Waals surface area (Å²) in [5, 5.41) is 13.6. The number of rotatable bonds is 5. The van der Waals surface area contributed by atoms with Gasteiger partial charge in [0.15, 0.2) is 5.58 Å². The molecule has 1 aliphatic carbocycles. The lowest BCUT2D eigenvalue weighted by Crippen LogP contribution is -2.35. The van der Waals surface area contributed by atoms with Gasteiger partial charge < -0.3 is 9.42 Å². The van der Waals surface area contributed by atoms with Crippen LogP contribution in [0, 0.1) is 11.3 Å².